The van der Waals surface area contributed by atoms with Gasteiger partial charge in [0, 0.05) is 47.9 Å². The summed E-state index contributed by atoms with van der Waals surface area (Å²) in [5.74, 6) is -0.442. The Hall–Kier alpha value is -3.28. The lowest BCUT2D eigenvalue weighted by Crippen LogP contribution is -2.30. The van der Waals surface area contributed by atoms with E-state index >= 15 is 0 Å². The van der Waals surface area contributed by atoms with E-state index in [0.29, 0.717) is 12.1 Å². The molecule has 1 N–H and O–H groups in total. The van der Waals surface area contributed by atoms with E-state index < -0.39 is 5.97 Å². The fourth-order valence-corrected chi connectivity index (χ4v) is 3.38. The highest BCUT2D eigenvalue weighted by Crippen LogP contribution is 2.41. The van der Waals surface area contributed by atoms with Crippen LogP contribution < -0.4 is 0 Å². The van der Waals surface area contributed by atoms with E-state index in [1.54, 1.807) is 24.8 Å². The second-order valence-electron chi connectivity index (χ2n) is 5.91. The molecule has 0 bridgehead atoms. The quantitative estimate of drug-likeness (QED) is 0.746. The van der Waals surface area contributed by atoms with Crippen molar-refractivity contribution < 1.29 is 9.53 Å². The molecule has 0 aromatic carbocycles. The lowest BCUT2D eigenvalue weighted by molar-refractivity contribution is 0.0593. The number of rotatable bonds is 3. The highest BCUT2D eigenvalue weighted by Gasteiger charge is 2.37. The van der Waals surface area contributed by atoms with Gasteiger partial charge < -0.3 is 4.74 Å². The van der Waals surface area contributed by atoms with Crippen LogP contribution in [-0.2, 0) is 16.6 Å². The van der Waals surface area contributed by atoms with Crippen molar-refractivity contribution in [1.82, 2.24) is 20.2 Å². The fourth-order valence-electron chi connectivity index (χ4n) is 3.38. The third kappa shape index (κ3) is 2.42. The molecule has 4 rings (SSSR count). The summed E-state index contributed by atoms with van der Waals surface area (Å²) in [6.07, 6.45) is 11.8. The van der Waals surface area contributed by atoms with Crippen LogP contribution in [0.5, 0.6) is 0 Å². The predicted molar refractivity (Wildman–Crippen MR) is 91.9 cm³/mol. The molecule has 0 saturated carbocycles. The second kappa shape index (κ2) is 5.98. The predicted octanol–water partition coefficient (Wildman–Crippen LogP) is 2.54. The average Bonchev–Trinajstić information content (AvgIpc) is 3.11. The number of methoxy groups -OCH3 is 1. The number of pyridine rings is 2. The van der Waals surface area contributed by atoms with Crippen molar-refractivity contribution in [3.8, 4) is 0 Å². The number of aromatic amines is 1. The smallest absolute Gasteiger partial charge is 0.359 e. The number of nitrogens with one attached hydrogen (secondary N) is 1. The topological polar surface area (TPSA) is 80.8 Å². The molecule has 0 aliphatic heterocycles. The molecule has 124 valence electrons. The maximum absolute atomic E-state index is 11.9. The first-order valence-electron chi connectivity index (χ1n) is 7.90. The zero-order valence-corrected chi connectivity index (χ0v) is 13.6. The van der Waals surface area contributed by atoms with E-state index in [9.17, 15) is 4.79 Å². The molecule has 0 fully saturated rings. The third-order valence-electron chi connectivity index (χ3n) is 4.64. The van der Waals surface area contributed by atoms with Crippen LogP contribution >= 0.6 is 0 Å². The summed E-state index contributed by atoms with van der Waals surface area (Å²) in [7, 11) is 1.36. The molecule has 0 saturated heterocycles. The molecular formula is C19H16N4O2. The Balaban J connectivity index is 1.87. The number of esters is 1. The van der Waals surface area contributed by atoms with Crippen molar-refractivity contribution >= 4 is 12.0 Å². The lowest BCUT2D eigenvalue weighted by Gasteiger charge is -2.34. The van der Waals surface area contributed by atoms with E-state index in [-0.39, 0.29) is 5.41 Å². The van der Waals surface area contributed by atoms with Gasteiger partial charge in [-0.05, 0) is 35.4 Å². The van der Waals surface area contributed by atoms with Gasteiger partial charge in [0.25, 0.3) is 0 Å². The standard InChI is InChI=1S/C19H16N4O2/c1-25-18(24)17-15-2-7-19(12-16(15)22-23-17,13-3-8-20-9-4-13)14-5-10-21-11-6-14/h2-11H,12H2,1H3,(H,22,23). The summed E-state index contributed by atoms with van der Waals surface area (Å²) in [5.41, 5.74) is 3.85. The van der Waals surface area contributed by atoms with Crippen LogP contribution in [-0.4, -0.2) is 33.2 Å². The van der Waals surface area contributed by atoms with E-state index in [0.717, 1.165) is 22.4 Å². The molecule has 0 unspecified atom stereocenters. The maximum Gasteiger partial charge on any atom is 0.359 e. The van der Waals surface area contributed by atoms with Gasteiger partial charge in [-0.3, -0.25) is 15.1 Å². The largest absolute Gasteiger partial charge is 0.464 e. The average molecular weight is 332 g/mol. The van der Waals surface area contributed by atoms with Crippen LogP contribution in [0.4, 0.5) is 0 Å². The van der Waals surface area contributed by atoms with Gasteiger partial charge in [0.2, 0.25) is 0 Å². The third-order valence-corrected chi connectivity index (χ3v) is 4.64. The number of fused-ring (bicyclic) bond motifs is 1. The van der Waals surface area contributed by atoms with Gasteiger partial charge in [-0.2, -0.15) is 5.10 Å². The number of ether oxygens (including phenoxy) is 1. The molecule has 25 heavy (non-hydrogen) atoms. The Morgan fingerprint density at radius 3 is 2.24 bits per heavy atom. The minimum atomic E-state index is -0.442. The number of aromatic nitrogens is 4. The van der Waals surface area contributed by atoms with Gasteiger partial charge in [-0.15, -0.1) is 0 Å². The van der Waals surface area contributed by atoms with Gasteiger partial charge in [0.1, 0.15) is 0 Å². The van der Waals surface area contributed by atoms with Crippen LogP contribution in [0.3, 0.4) is 0 Å². The van der Waals surface area contributed by atoms with Gasteiger partial charge in [0.15, 0.2) is 5.69 Å². The molecule has 6 heteroatoms. The zero-order valence-electron chi connectivity index (χ0n) is 13.6. The van der Waals surface area contributed by atoms with Crippen LogP contribution in [0.25, 0.3) is 6.08 Å². The van der Waals surface area contributed by atoms with E-state index in [1.165, 1.54) is 7.11 Å². The van der Waals surface area contributed by atoms with Gasteiger partial charge in [0.05, 0.1) is 7.11 Å². The molecule has 0 radical (unpaired) electrons. The fraction of sp³-hybridized carbons (Fsp3) is 0.158. The number of carbonyl (C=O) groups excluding carboxylic acids is 1. The van der Waals surface area contributed by atoms with Gasteiger partial charge in [-0.25, -0.2) is 4.79 Å². The van der Waals surface area contributed by atoms with Crippen LogP contribution in [0.15, 0.2) is 55.1 Å². The van der Waals surface area contributed by atoms with Crippen molar-refractivity contribution in [2.75, 3.05) is 7.11 Å². The second-order valence-corrected chi connectivity index (χ2v) is 5.91. The monoisotopic (exact) mass is 332 g/mol. The van der Waals surface area contributed by atoms with E-state index in [2.05, 4.69) is 26.2 Å². The summed E-state index contributed by atoms with van der Waals surface area (Å²) in [6.45, 7) is 0. The first-order valence-corrected chi connectivity index (χ1v) is 7.90. The van der Waals surface area contributed by atoms with Crippen molar-refractivity contribution in [2.24, 2.45) is 0 Å². The Bertz CT molecular complexity index is 893. The summed E-state index contributed by atoms with van der Waals surface area (Å²) in [6, 6.07) is 8.03. The highest BCUT2D eigenvalue weighted by atomic mass is 16.5. The van der Waals surface area contributed by atoms with Crippen molar-refractivity contribution in [3.05, 3.63) is 83.2 Å². The minimum Gasteiger partial charge on any atom is -0.464 e. The number of nitrogens with zero attached hydrogens (tertiary/aromatic N) is 3. The highest BCUT2D eigenvalue weighted by molar-refractivity contribution is 5.92. The Kier molecular flexibility index (Phi) is 3.65. The van der Waals surface area contributed by atoms with E-state index in [1.807, 2.05) is 30.3 Å². The Morgan fingerprint density at radius 1 is 1.08 bits per heavy atom. The number of hydrogen-bond acceptors (Lipinski definition) is 5. The maximum atomic E-state index is 11.9. The Labute approximate surface area is 144 Å². The normalized spacial score (nSPS) is 14.8. The summed E-state index contributed by atoms with van der Waals surface area (Å²) in [4.78, 5) is 20.2. The molecule has 1 aliphatic rings. The number of H-pyrrole nitrogens is 1. The molecule has 3 aromatic rings. The molecule has 3 heterocycles. The molecular weight excluding hydrogens is 316 g/mol. The van der Waals surface area contributed by atoms with Gasteiger partial charge >= 0.3 is 5.97 Å². The number of carbonyl (C=O) groups is 1. The van der Waals surface area contributed by atoms with Crippen LogP contribution in [0, 0.1) is 0 Å². The van der Waals surface area contributed by atoms with E-state index in [4.69, 9.17) is 4.74 Å². The molecule has 6 nitrogen and oxygen atoms in total. The zero-order chi connectivity index (χ0) is 17.3. The first-order chi connectivity index (χ1) is 12.2. The number of allylic oxidation sites excluding steroid dienone is 1. The van der Waals surface area contributed by atoms with Crippen LogP contribution in [0.1, 0.15) is 32.9 Å². The molecule has 0 atom stereocenters. The van der Waals surface area contributed by atoms with Crippen molar-refractivity contribution in [3.63, 3.8) is 0 Å². The SMILES string of the molecule is COC(=O)c1n[nH]c2c1C=CC(c1ccncc1)(c1ccncc1)C2. The summed E-state index contributed by atoms with van der Waals surface area (Å²) < 4.78 is 4.81. The Morgan fingerprint density at radius 2 is 1.68 bits per heavy atom. The number of hydrogen-bond donors (Lipinski definition) is 1. The van der Waals surface area contributed by atoms with Crippen molar-refractivity contribution in [2.45, 2.75) is 11.8 Å². The summed E-state index contributed by atoms with van der Waals surface area (Å²) >= 11 is 0. The van der Waals surface area contributed by atoms with Crippen molar-refractivity contribution in [1.29, 1.82) is 0 Å². The molecule has 1 aliphatic carbocycles. The molecule has 3 aromatic heterocycles. The minimum absolute atomic E-state index is 0.312. The van der Waals surface area contributed by atoms with Gasteiger partial charge in [-0.1, -0.05) is 12.2 Å². The molecule has 0 amide bonds. The molecule has 0 spiro atoms. The van der Waals surface area contributed by atoms with Crippen LogP contribution in [0.2, 0.25) is 0 Å². The lowest BCUT2D eigenvalue weighted by atomic mass is 9.69. The first kappa shape index (κ1) is 15.3. The summed E-state index contributed by atoms with van der Waals surface area (Å²) in [5, 5.41) is 7.15.